The summed E-state index contributed by atoms with van der Waals surface area (Å²) in [5, 5.41) is -6.88. The number of alkyl halides is 6. The number of hydrogen-bond donors (Lipinski definition) is 0. The lowest BCUT2D eigenvalue weighted by Crippen LogP contribution is -2.65. The summed E-state index contributed by atoms with van der Waals surface area (Å²) in [6.45, 7) is 0. The molecule has 2 unspecified atom stereocenters. The van der Waals surface area contributed by atoms with Gasteiger partial charge in [-0.05, 0) is 0 Å². The van der Waals surface area contributed by atoms with Gasteiger partial charge >= 0.3 is 5.92 Å². The highest BCUT2D eigenvalue weighted by atomic mass is 35.5. The second-order valence-electron chi connectivity index (χ2n) is 2.16. The molecule has 2 atom stereocenters. The zero-order valence-electron chi connectivity index (χ0n) is 4.47. The fraction of sp³-hybridized carbons (Fsp3) is 1.00. The van der Waals surface area contributed by atoms with Crippen molar-refractivity contribution >= 4 is 23.2 Å². The highest BCUT2D eigenvalue weighted by molar-refractivity contribution is 6.35. The first-order valence-electron chi connectivity index (χ1n) is 2.34. The van der Waals surface area contributed by atoms with E-state index >= 15 is 0 Å². The lowest BCUT2D eigenvalue weighted by atomic mass is 9.88. The Bertz CT molecular complexity index is 149. The van der Waals surface area contributed by atoms with Gasteiger partial charge in [-0.3, -0.25) is 0 Å². The average molecular weight is 197 g/mol. The predicted octanol–water partition coefficient (Wildman–Crippen LogP) is 2.83. The molecule has 1 rings (SSSR count). The van der Waals surface area contributed by atoms with Crippen molar-refractivity contribution in [3.63, 3.8) is 0 Å². The zero-order valence-corrected chi connectivity index (χ0v) is 5.99. The van der Waals surface area contributed by atoms with E-state index in [-0.39, 0.29) is 0 Å². The van der Waals surface area contributed by atoms with Crippen LogP contribution in [0.3, 0.4) is 0 Å². The Balaban J connectivity index is 2.85. The largest absolute Gasteiger partial charge is 0.304 e. The summed E-state index contributed by atoms with van der Waals surface area (Å²) in [6, 6.07) is 0. The van der Waals surface area contributed by atoms with Gasteiger partial charge < -0.3 is 0 Å². The summed E-state index contributed by atoms with van der Waals surface area (Å²) in [4.78, 5) is 0. The molecule has 0 aromatic rings. The molecule has 10 heavy (non-hydrogen) atoms. The van der Waals surface area contributed by atoms with E-state index in [1.54, 1.807) is 0 Å². The molecular weight excluding hydrogens is 195 g/mol. The van der Waals surface area contributed by atoms with Crippen LogP contribution in [0.2, 0.25) is 0 Å². The summed E-state index contributed by atoms with van der Waals surface area (Å²) in [7, 11) is 0. The van der Waals surface area contributed by atoms with Crippen molar-refractivity contribution in [2.24, 2.45) is 0 Å². The number of hydrogen-bond acceptors (Lipinski definition) is 0. The summed E-state index contributed by atoms with van der Waals surface area (Å²) >= 11 is 9.09. The molecule has 0 bridgehead atoms. The molecule has 6 heteroatoms. The number of rotatable bonds is 0. The Morgan fingerprint density at radius 3 is 1.40 bits per heavy atom. The first-order chi connectivity index (χ1) is 4.21. The fourth-order valence-electron chi connectivity index (χ4n) is 0.662. The van der Waals surface area contributed by atoms with Gasteiger partial charge in [0.25, 0.3) is 5.13 Å². The molecule has 0 heterocycles. The van der Waals surface area contributed by atoms with Gasteiger partial charge in [-0.15, -0.1) is 0 Å². The predicted molar refractivity (Wildman–Crippen MR) is 28.9 cm³/mol. The fourth-order valence-corrected chi connectivity index (χ4v) is 1.10. The monoisotopic (exact) mass is 196 g/mol. The van der Waals surface area contributed by atoms with E-state index in [1.807, 2.05) is 0 Å². The van der Waals surface area contributed by atoms with Gasteiger partial charge in [-0.1, -0.05) is 23.2 Å². The van der Waals surface area contributed by atoms with Crippen LogP contribution in [0.1, 0.15) is 6.42 Å². The highest BCUT2D eigenvalue weighted by Gasteiger charge is 2.79. The van der Waals surface area contributed by atoms with E-state index in [0.29, 0.717) is 0 Å². The molecule has 0 N–H and O–H groups in total. The smallest absolute Gasteiger partial charge is 0.221 e. The van der Waals surface area contributed by atoms with Gasteiger partial charge in [0.2, 0.25) is 5.13 Å². The molecular formula is C4H2Cl2F4. The second-order valence-corrected chi connectivity index (χ2v) is 3.28. The molecule has 0 saturated heterocycles. The van der Waals surface area contributed by atoms with Crippen LogP contribution in [0.5, 0.6) is 0 Å². The van der Waals surface area contributed by atoms with Crippen molar-refractivity contribution in [3.05, 3.63) is 0 Å². The molecule has 0 aromatic carbocycles. The van der Waals surface area contributed by atoms with Crippen LogP contribution in [0.4, 0.5) is 17.6 Å². The van der Waals surface area contributed by atoms with Crippen LogP contribution >= 0.6 is 23.2 Å². The van der Waals surface area contributed by atoms with E-state index in [1.165, 1.54) is 0 Å². The van der Waals surface area contributed by atoms with Gasteiger partial charge in [-0.25, -0.2) is 17.6 Å². The molecule has 0 spiro atoms. The van der Waals surface area contributed by atoms with Crippen LogP contribution < -0.4 is 0 Å². The Morgan fingerprint density at radius 1 is 1.00 bits per heavy atom. The van der Waals surface area contributed by atoms with E-state index in [9.17, 15) is 17.6 Å². The van der Waals surface area contributed by atoms with Crippen molar-refractivity contribution in [2.45, 2.75) is 22.6 Å². The van der Waals surface area contributed by atoms with Crippen molar-refractivity contribution in [3.8, 4) is 0 Å². The van der Waals surface area contributed by atoms with E-state index < -0.39 is 22.6 Å². The third-order valence-electron chi connectivity index (χ3n) is 1.36. The quantitative estimate of drug-likeness (QED) is 0.413. The van der Waals surface area contributed by atoms with Crippen LogP contribution in [0.25, 0.3) is 0 Å². The molecule has 0 aromatic heterocycles. The highest BCUT2D eigenvalue weighted by Crippen LogP contribution is 2.63. The van der Waals surface area contributed by atoms with Crippen LogP contribution in [-0.2, 0) is 0 Å². The summed E-state index contributed by atoms with van der Waals surface area (Å²) in [5.41, 5.74) is 0. The van der Waals surface area contributed by atoms with Gasteiger partial charge in [-0.2, -0.15) is 0 Å². The summed E-state index contributed by atoms with van der Waals surface area (Å²) in [6.07, 6.45) is -1.37. The molecule has 0 radical (unpaired) electrons. The standard InChI is InChI=1S/C4H2Cl2F4/c5-2(7)1-3(8,9)4(2,6)10/h1H2. The summed E-state index contributed by atoms with van der Waals surface area (Å²) in [5.74, 6) is -3.86. The van der Waals surface area contributed by atoms with Gasteiger partial charge in [0, 0.05) is 0 Å². The van der Waals surface area contributed by atoms with E-state index in [0.717, 1.165) is 0 Å². The van der Waals surface area contributed by atoms with E-state index in [4.69, 9.17) is 0 Å². The third-order valence-corrected chi connectivity index (χ3v) is 2.43. The molecule has 0 amide bonds. The number of halogens is 6. The summed E-state index contributed by atoms with van der Waals surface area (Å²) < 4.78 is 48.5. The minimum Gasteiger partial charge on any atom is -0.221 e. The zero-order chi connectivity index (χ0) is 8.21. The Labute approximate surface area is 64.1 Å². The van der Waals surface area contributed by atoms with Crippen molar-refractivity contribution in [1.82, 2.24) is 0 Å². The molecule has 1 fully saturated rings. The Morgan fingerprint density at radius 2 is 1.40 bits per heavy atom. The van der Waals surface area contributed by atoms with Crippen LogP contribution in [-0.4, -0.2) is 16.2 Å². The van der Waals surface area contributed by atoms with Crippen molar-refractivity contribution < 1.29 is 17.6 Å². The maximum atomic E-state index is 12.3. The van der Waals surface area contributed by atoms with Gasteiger partial charge in [0.15, 0.2) is 0 Å². The van der Waals surface area contributed by atoms with E-state index in [2.05, 4.69) is 23.2 Å². The first kappa shape index (κ1) is 8.40. The molecule has 60 valence electrons. The minimum atomic E-state index is -3.86. The molecule has 1 aliphatic carbocycles. The maximum absolute atomic E-state index is 12.3. The Kier molecular flexibility index (Phi) is 1.44. The van der Waals surface area contributed by atoms with Crippen LogP contribution in [0.15, 0.2) is 0 Å². The molecule has 0 aliphatic heterocycles. The SMILES string of the molecule is FC1(F)CC(F)(Cl)C1(F)Cl. The molecule has 1 aliphatic rings. The Hall–Kier alpha value is 0.300. The molecule has 1 saturated carbocycles. The maximum Gasteiger partial charge on any atom is 0.304 e. The first-order valence-corrected chi connectivity index (χ1v) is 3.10. The molecule has 0 nitrogen and oxygen atoms in total. The van der Waals surface area contributed by atoms with Crippen molar-refractivity contribution in [1.29, 1.82) is 0 Å². The third kappa shape index (κ3) is 0.749. The minimum absolute atomic E-state index is 1.37. The van der Waals surface area contributed by atoms with Crippen LogP contribution in [0, 0.1) is 0 Å². The normalized spacial score (nSPS) is 52.2. The second kappa shape index (κ2) is 1.72. The van der Waals surface area contributed by atoms with Gasteiger partial charge in [0.1, 0.15) is 0 Å². The lowest BCUT2D eigenvalue weighted by molar-refractivity contribution is -0.228. The lowest BCUT2D eigenvalue weighted by Gasteiger charge is -2.45. The van der Waals surface area contributed by atoms with Gasteiger partial charge in [0.05, 0.1) is 6.42 Å². The average Bonchev–Trinajstić information content (AvgIpc) is 1.61. The topological polar surface area (TPSA) is 0 Å². The van der Waals surface area contributed by atoms with Crippen molar-refractivity contribution in [2.75, 3.05) is 0 Å².